The van der Waals surface area contributed by atoms with Gasteiger partial charge in [-0.25, -0.2) is 0 Å². The van der Waals surface area contributed by atoms with Crippen LogP contribution in [0.3, 0.4) is 0 Å². The number of carbonyl (C=O) groups excluding carboxylic acids is 1. The van der Waals surface area contributed by atoms with Crippen molar-refractivity contribution < 1.29 is 19.4 Å². The van der Waals surface area contributed by atoms with Crippen LogP contribution in [0.1, 0.15) is 45.1 Å². The summed E-state index contributed by atoms with van der Waals surface area (Å²) in [5, 5.41) is 10.8. The molecule has 6 nitrogen and oxygen atoms in total. The summed E-state index contributed by atoms with van der Waals surface area (Å²) in [4.78, 5) is 19.9. The van der Waals surface area contributed by atoms with Crippen LogP contribution in [-0.4, -0.2) is 48.4 Å². The lowest BCUT2D eigenvalue weighted by molar-refractivity contribution is -0.122. The molecule has 0 spiro atoms. The summed E-state index contributed by atoms with van der Waals surface area (Å²) in [6.45, 7) is 5.63. The van der Waals surface area contributed by atoms with E-state index in [9.17, 15) is 9.90 Å². The molecule has 1 aromatic carbocycles. The lowest BCUT2D eigenvalue weighted by Gasteiger charge is -2.14. The zero-order valence-corrected chi connectivity index (χ0v) is 17.3. The number of hydrogen-bond donors (Lipinski definition) is 1. The molecule has 148 valence electrons. The van der Waals surface area contributed by atoms with Gasteiger partial charge >= 0.3 is 0 Å². The molecular formula is C20H28N2O4S. The predicted molar refractivity (Wildman–Crippen MR) is 111 cm³/mol. The van der Waals surface area contributed by atoms with Gasteiger partial charge in [0.1, 0.15) is 0 Å². The summed E-state index contributed by atoms with van der Waals surface area (Å²) in [5.74, 6) is 0.515. The number of aliphatic imine (C=N–C) groups is 1. The first-order valence-electron chi connectivity index (χ1n) is 9.26. The normalized spacial score (nSPS) is 17.2. The van der Waals surface area contributed by atoms with Crippen LogP contribution in [0, 0.1) is 0 Å². The van der Waals surface area contributed by atoms with Gasteiger partial charge in [-0.3, -0.25) is 14.7 Å². The van der Waals surface area contributed by atoms with E-state index >= 15 is 0 Å². The van der Waals surface area contributed by atoms with Gasteiger partial charge in [-0.1, -0.05) is 26.7 Å². The first-order chi connectivity index (χ1) is 13.0. The van der Waals surface area contributed by atoms with Crippen LogP contribution in [0.5, 0.6) is 17.2 Å². The maximum absolute atomic E-state index is 12.9. The third kappa shape index (κ3) is 5.19. The lowest BCUT2D eigenvalue weighted by Crippen LogP contribution is -2.30. The third-order valence-electron chi connectivity index (χ3n) is 4.18. The van der Waals surface area contributed by atoms with Crippen molar-refractivity contribution in [3.8, 4) is 17.2 Å². The Morgan fingerprint density at radius 1 is 1.15 bits per heavy atom. The van der Waals surface area contributed by atoms with Crippen molar-refractivity contribution in [2.45, 2.75) is 39.5 Å². The topological polar surface area (TPSA) is 71.4 Å². The summed E-state index contributed by atoms with van der Waals surface area (Å²) in [7, 11) is 2.96. The highest BCUT2D eigenvalue weighted by Crippen LogP contribution is 2.39. The van der Waals surface area contributed by atoms with Crippen LogP contribution in [0.15, 0.2) is 22.0 Å². The number of phenols is 1. The summed E-state index contributed by atoms with van der Waals surface area (Å²) in [6.07, 6.45) is 5.82. The van der Waals surface area contributed by atoms with Gasteiger partial charge in [-0.05, 0) is 48.4 Å². The quantitative estimate of drug-likeness (QED) is 0.502. The number of amidine groups is 1. The molecule has 1 fully saturated rings. The van der Waals surface area contributed by atoms with Crippen LogP contribution < -0.4 is 9.47 Å². The molecule has 1 heterocycles. The van der Waals surface area contributed by atoms with E-state index in [0.29, 0.717) is 22.9 Å². The molecule has 1 saturated heterocycles. The molecule has 1 aromatic rings. The largest absolute Gasteiger partial charge is 0.502 e. The van der Waals surface area contributed by atoms with E-state index in [-0.39, 0.29) is 11.7 Å². The number of ether oxygens (including phenoxy) is 2. The predicted octanol–water partition coefficient (Wildman–Crippen LogP) is 4.28. The lowest BCUT2D eigenvalue weighted by atomic mass is 10.1. The van der Waals surface area contributed by atoms with Gasteiger partial charge < -0.3 is 14.6 Å². The fourth-order valence-electron chi connectivity index (χ4n) is 2.62. The first-order valence-corrected chi connectivity index (χ1v) is 10.1. The van der Waals surface area contributed by atoms with Gasteiger partial charge in [0, 0.05) is 13.1 Å². The molecule has 27 heavy (non-hydrogen) atoms. The molecule has 0 aromatic heterocycles. The van der Waals surface area contributed by atoms with E-state index in [2.05, 4.69) is 18.8 Å². The third-order valence-corrected chi connectivity index (χ3v) is 5.23. The number of amides is 1. The second-order valence-corrected chi connectivity index (χ2v) is 7.22. The molecule has 0 aliphatic carbocycles. The van der Waals surface area contributed by atoms with E-state index in [1.807, 2.05) is 0 Å². The number of thioether (sulfide) groups is 1. The monoisotopic (exact) mass is 392 g/mol. The standard InChI is InChI=1S/C20H28N2O4S/c1-5-7-9-21-20-22(10-8-6-2)19(24)17(27-20)13-14-11-15(25-3)18(23)16(12-14)26-4/h11-13,23H,5-10H2,1-4H3/b17-13-,21-20?. The molecule has 0 radical (unpaired) electrons. The Morgan fingerprint density at radius 2 is 1.78 bits per heavy atom. The highest BCUT2D eigenvalue weighted by Gasteiger charge is 2.32. The van der Waals surface area contributed by atoms with Gasteiger partial charge in [0.15, 0.2) is 16.7 Å². The van der Waals surface area contributed by atoms with Crippen LogP contribution >= 0.6 is 11.8 Å². The van der Waals surface area contributed by atoms with E-state index < -0.39 is 0 Å². The number of benzene rings is 1. The van der Waals surface area contributed by atoms with Gasteiger partial charge in [-0.2, -0.15) is 0 Å². The van der Waals surface area contributed by atoms with E-state index in [4.69, 9.17) is 9.47 Å². The molecule has 7 heteroatoms. The maximum atomic E-state index is 12.9. The number of nitrogens with zero attached hydrogens (tertiary/aromatic N) is 2. The van der Waals surface area contributed by atoms with Gasteiger partial charge in [0.2, 0.25) is 5.75 Å². The first kappa shape index (κ1) is 21.2. The average Bonchev–Trinajstić information content (AvgIpc) is 2.96. The van der Waals surface area contributed by atoms with Gasteiger partial charge in [0.05, 0.1) is 19.1 Å². The van der Waals surface area contributed by atoms with Crippen LogP contribution in [0.2, 0.25) is 0 Å². The molecule has 0 bridgehead atoms. The van der Waals surface area contributed by atoms with Crippen molar-refractivity contribution in [2.24, 2.45) is 4.99 Å². The van der Waals surface area contributed by atoms with Crippen molar-refractivity contribution in [1.29, 1.82) is 0 Å². The van der Waals surface area contributed by atoms with Crippen molar-refractivity contribution in [1.82, 2.24) is 4.90 Å². The van der Waals surface area contributed by atoms with Gasteiger partial charge in [0.25, 0.3) is 5.91 Å². The number of unbranched alkanes of at least 4 members (excludes halogenated alkanes) is 2. The molecule has 1 aliphatic heterocycles. The minimum absolute atomic E-state index is 0.0327. The molecule has 0 unspecified atom stereocenters. The Morgan fingerprint density at radius 3 is 2.33 bits per heavy atom. The summed E-state index contributed by atoms with van der Waals surface area (Å²) >= 11 is 1.40. The summed E-state index contributed by atoms with van der Waals surface area (Å²) in [5.41, 5.74) is 0.725. The molecule has 1 N–H and O–H groups in total. The number of hydrogen-bond acceptors (Lipinski definition) is 6. The second kappa shape index (κ2) is 10.3. The second-order valence-electron chi connectivity index (χ2n) is 6.21. The number of rotatable bonds is 9. The van der Waals surface area contributed by atoms with Crippen molar-refractivity contribution >= 4 is 28.9 Å². The average molecular weight is 393 g/mol. The van der Waals surface area contributed by atoms with Crippen molar-refractivity contribution in [3.63, 3.8) is 0 Å². The fourth-order valence-corrected chi connectivity index (χ4v) is 3.65. The Kier molecular flexibility index (Phi) is 8.03. The molecule has 1 aliphatic rings. The van der Waals surface area contributed by atoms with Crippen molar-refractivity contribution in [2.75, 3.05) is 27.3 Å². The van der Waals surface area contributed by atoms with Crippen LogP contribution in [0.25, 0.3) is 6.08 Å². The van der Waals surface area contributed by atoms with Crippen molar-refractivity contribution in [3.05, 3.63) is 22.6 Å². The van der Waals surface area contributed by atoms with Crippen LogP contribution in [0.4, 0.5) is 0 Å². The number of carbonyl (C=O) groups is 1. The Hall–Kier alpha value is -2.15. The zero-order chi connectivity index (χ0) is 19.8. The highest BCUT2D eigenvalue weighted by atomic mass is 32.2. The Bertz CT molecular complexity index is 706. The summed E-state index contributed by atoms with van der Waals surface area (Å²) < 4.78 is 10.4. The van der Waals surface area contributed by atoms with Gasteiger partial charge in [-0.15, -0.1) is 0 Å². The Balaban J connectivity index is 2.34. The smallest absolute Gasteiger partial charge is 0.266 e. The Labute approximate surface area is 165 Å². The maximum Gasteiger partial charge on any atom is 0.266 e. The molecular weight excluding hydrogens is 364 g/mol. The van der Waals surface area contributed by atoms with Crippen LogP contribution in [-0.2, 0) is 4.79 Å². The van der Waals surface area contributed by atoms with E-state index in [1.54, 1.807) is 23.1 Å². The minimum Gasteiger partial charge on any atom is -0.502 e. The number of phenolic OH excluding ortho intramolecular Hbond substituents is 1. The number of methoxy groups -OCH3 is 2. The van der Waals surface area contributed by atoms with E-state index in [0.717, 1.165) is 43.0 Å². The SMILES string of the molecule is CCCCN=C1S/C(=C\c2cc(OC)c(O)c(OC)c2)C(=O)N1CCCC. The minimum atomic E-state index is -0.0565. The molecule has 0 atom stereocenters. The summed E-state index contributed by atoms with van der Waals surface area (Å²) in [6, 6.07) is 3.36. The fraction of sp³-hybridized carbons (Fsp3) is 0.500. The molecule has 0 saturated carbocycles. The zero-order valence-electron chi connectivity index (χ0n) is 16.4. The molecule has 1 amide bonds. The van der Waals surface area contributed by atoms with E-state index in [1.165, 1.54) is 26.0 Å². The number of aromatic hydroxyl groups is 1. The highest BCUT2D eigenvalue weighted by molar-refractivity contribution is 8.18. The molecule has 2 rings (SSSR count).